The first-order valence-corrected chi connectivity index (χ1v) is 7.65. The van der Waals surface area contributed by atoms with Gasteiger partial charge in [-0.1, -0.05) is 64.7 Å². The van der Waals surface area contributed by atoms with Crippen molar-refractivity contribution in [3.05, 3.63) is 0 Å². The third-order valence-electron chi connectivity index (χ3n) is 3.43. The maximum atomic E-state index is 10.4. The number of hydrogen-bond acceptors (Lipinski definition) is 3. The van der Waals surface area contributed by atoms with Gasteiger partial charge in [0.25, 0.3) is 0 Å². The van der Waals surface area contributed by atoms with Crippen LogP contribution in [0.3, 0.4) is 0 Å². The Morgan fingerprint density at radius 3 is 1.79 bits per heavy atom. The summed E-state index contributed by atoms with van der Waals surface area (Å²) < 4.78 is 0. The Morgan fingerprint density at radius 1 is 0.842 bits per heavy atom. The number of rotatable bonds is 13. The molecule has 0 spiro atoms. The zero-order valence-corrected chi connectivity index (χ0v) is 12.2. The molecule has 0 bridgehead atoms. The highest BCUT2D eigenvalue weighted by Crippen LogP contribution is 2.13. The average molecular weight is 274 g/mol. The number of unbranched alkanes of at least 4 members (excludes halogenated alkanes) is 8. The molecule has 0 saturated heterocycles. The molecule has 2 unspecified atom stereocenters. The van der Waals surface area contributed by atoms with Crippen molar-refractivity contribution < 1.29 is 20.1 Å². The number of carboxylic acid groups (broad SMARTS) is 1. The minimum absolute atomic E-state index is 0.376. The van der Waals surface area contributed by atoms with Gasteiger partial charge in [0.2, 0.25) is 0 Å². The van der Waals surface area contributed by atoms with Crippen LogP contribution in [0, 0.1) is 0 Å². The van der Waals surface area contributed by atoms with Crippen LogP contribution < -0.4 is 0 Å². The van der Waals surface area contributed by atoms with E-state index in [1.807, 2.05) is 0 Å². The minimum Gasteiger partial charge on any atom is -0.481 e. The van der Waals surface area contributed by atoms with Crippen molar-refractivity contribution in [2.24, 2.45) is 0 Å². The van der Waals surface area contributed by atoms with E-state index in [1.54, 1.807) is 0 Å². The van der Waals surface area contributed by atoms with Gasteiger partial charge in [-0.2, -0.15) is 0 Å². The smallest absolute Gasteiger partial charge is 0.306 e. The van der Waals surface area contributed by atoms with E-state index < -0.39 is 18.2 Å². The molecule has 0 aromatic heterocycles. The van der Waals surface area contributed by atoms with E-state index in [4.69, 9.17) is 5.11 Å². The van der Waals surface area contributed by atoms with Gasteiger partial charge in [0.1, 0.15) is 0 Å². The van der Waals surface area contributed by atoms with Crippen molar-refractivity contribution in [2.75, 3.05) is 0 Å². The molecular weight excluding hydrogens is 244 g/mol. The summed E-state index contributed by atoms with van der Waals surface area (Å²) in [6, 6.07) is 0. The first-order valence-electron chi connectivity index (χ1n) is 7.65. The Labute approximate surface area is 116 Å². The first kappa shape index (κ1) is 18.4. The molecule has 114 valence electrons. The number of hydrogen-bond donors (Lipinski definition) is 3. The Morgan fingerprint density at radius 2 is 1.32 bits per heavy atom. The summed E-state index contributed by atoms with van der Waals surface area (Å²) in [6.45, 7) is 2.21. The van der Waals surface area contributed by atoms with Crippen LogP contribution in [0.1, 0.15) is 77.6 Å². The number of carboxylic acids is 1. The van der Waals surface area contributed by atoms with Crippen LogP contribution in [0.4, 0.5) is 0 Å². The van der Waals surface area contributed by atoms with Crippen molar-refractivity contribution >= 4 is 5.97 Å². The van der Waals surface area contributed by atoms with Gasteiger partial charge in [-0.3, -0.25) is 4.79 Å². The molecule has 19 heavy (non-hydrogen) atoms. The largest absolute Gasteiger partial charge is 0.481 e. The molecule has 0 aromatic rings. The van der Waals surface area contributed by atoms with Crippen molar-refractivity contribution in [2.45, 2.75) is 89.8 Å². The SMILES string of the molecule is CCCCCCCCCCCC(O)C(O)CC(=O)O. The zero-order valence-electron chi connectivity index (χ0n) is 12.2. The topological polar surface area (TPSA) is 77.8 Å². The Hall–Kier alpha value is -0.610. The number of aliphatic carboxylic acids is 1. The van der Waals surface area contributed by atoms with Gasteiger partial charge in [-0.25, -0.2) is 0 Å². The van der Waals surface area contributed by atoms with Crippen LogP contribution in [0.25, 0.3) is 0 Å². The summed E-state index contributed by atoms with van der Waals surface area (Å²) in [4.78, 5) is 10.4. The Kier molecular flexibility index (Phi) is 12.0. The van der Waals surface area contributed by atoms with Gasteiger partial charge >= 0.3 is 5.97 Å². The first-order chi connectivity index (χ1) is 9.07. The van der Waals surface area contributed by atoms with Gasteiger partial charge in [0.15, 0.2) is 0 Å². The molecule has 4 heteroatoms. The third kappa shape index (κ3) is 12.2. The second-order valence-electron chi connectivity index (χ2n) is 5.35. The van der Waals surface area contributed by atoms with E-state index in [-0.39, 0.29) is 6.42 Å². The molecule has 4 nitrogen and oxygen atoms in total. The number of carbonyl (C=O) groups is 1. The van der Waals surface area contributed by atoms with E-state index in [0.717, 1.165) is 19.3 Å². The highest BCUT2D eigenvalue weighted by molar-refractivity contribution is 5.67. The number of aliphatic hydroxyl groups excluding tert-OH is 2. The standard InChI is InChI=1S/C15H30O4/c1-2-3-4-5-6-7-8-9-10-11-13(16)14(17)12-15(18)19/h13-14,16-17H,2-12H2,1H3,(H,18,19). The second-order valence-corrected chi connectivity index (χ2v) is 5.35. The Bertz CT molecular complexity index is 218. The molecular formula is C15H30O4. The monoisotopic (exact) mass is 274 g/mol. The maximum Gasteiger partial charge on any atom is 0.306 e. The van der Waals surface area contributed by atoms with Crippen LogP contribution in [0.2, 0.25) is 0 Å². The van der Waals surface area contributed by atoms with Crippen LogP contribution in [-0.4, -0.2) is 33.5 Å². The summed E-state index contributed by atoms with van der Waals surface area (Å²) in [6.07, 6.45) is 8.90. The van der Waals surface area contributed by atoms with Crippen molar-refractivity contribution in [3.8, 4) is 0 Å². The summed E-state index contributed by atoms with van der Waals surface area (Å²) in [7, 11) is 0. The summed E-state index contributed by atoms with van der Waals surface area (Å²) in [5.74, 6) is -1.07. The van der Waals surface area contributed by atoms with Crippen molar-refractivity contribution in [1.29, 1.82) is 0 Å². The van der Waals surface area contributed by atoms with Gasteiger partial charge < -0.3 is 15.3 Å². The molecule has 0 amide bonds. The van der Waals surface area contributed by atoms with Crippen LogP contribution >= 0.6 is 0 Å². The van der Waals surface area contributed by atoms with E-state index in [0.29, 0.717) is 6.42 Å². The molecule has 2 atom stereocenters. The maximum absolute atomic E-state index is 10.4. The molecule has 0 aliphatic heterocycles. The minimum atomic E-state index is -1.13. The molecule has 0 aliphatic carbocycles. The van der Waals surface area contributed by atoms with Gasteiger partial charge in [-0.15, -0.1) is 0 Å². The fraction of sp³-hybridized carbons (Fsp3) is 0.933. The van der Waals surface area contributed by atoms with Crippen LogP contribution in [-0.2, 0) is 4.79 Å². The van der Waals surface area contributed by atoms with Gasteiger partial charge in [0.05, 0.1) is 18.6 Å². The number of aliphatic hydroxyl groups is 2. The molecule has 0 radical (unpaired) electrons. The summed E-state index contributed by atoms with van der Waals surface area (Å²) >= 11 is 0. The fourth-order valence-corrected chi connectivity index (χ4v) is 2.17. The lowest BCUT2D eigenvalue weighted by Gasteiger charge is -2.15. The van der Waals surface area contributed by atoms with Crippen molar-refractivity contribution in [3.63, 3.8) is 0 Å². The van der Waals surface area contributed by atoms with Crippen LogP contribution in [0.5, 0.6) is 0 Å². The second kappa shape index (κ2) is 12.4. The van der Waals surface area contributed by atoms with E-state index in [1.165, 1.54) is 38.5 Å². The Balaban J connectivity index is 3.31. The predicted octanol–water partition coefficient (Wildman–Crippen LogP) is 3.10. The highest BCUT2D eigenvalue weighted by Gasteiger charge is 2.18. The lowest BCUT2D eigenvalue weighted by Crippen LogP contribution is -2.28. The molecule has 0 saturated carbocycles. The summed E-state index contributed by atoms with van der Waals surface area (Å²) in [5.41, 5.74) is 0. The third-order valence-corrected chi connectivity index (χ3v) is 3.43. The summed E-state index contributed by atoms with van der Waals surface area (Å²) in [5, 5.41) is 27.4. The average Bonchev–Trinajstić information content (AvgIpc) is 2.35. The normalized spacial score (nSPS) is 14.3. The molecule has 0 heterocycles. The molecule has 0 rings (SSSR count). The van der Waals surface area contributed by atoms with E-state index in [2.05, 4.69) is 6.92 Å². The van der Waals surface area contributed by atoms with Gasteiger partial charge in [-0.05, 0) is 6.42 Å². The van der Waals surface area contributed by atoms with Crippen molar-refractivity contribution in [1.82, 2.24) is 0 Å². The molecule has 3 N–H and O–H groups in total. The predicted molar refractivity (Wildman–Crippen MR) is 76.1 cm³/mol. The van der Waals surface area contributed by atoms with Gasteiger partial charge in [0, 0.05) is 0 Å². The zero-order chi connectivity index (χ0) is 14.5. The molecule has 0 fully saturated rings. The van der Waals surface area contributed by atoms with Crippen LogP contribution in [0.15, 0.2) is 0 Å². The lowest BCUT2D eigenvalue weighted by atomic mass is 10.0. The molecule has 0 aromatic carbocycles. The fourth-order valence-electron chi connectivity index (χ4n) is 2.17. The molecule has 0 aliphatic rings. The lowest BCUT2D eigenvalue weighted by molar-refractivity contribution is -0.141. The quantitative estimate of drug-likeness (QED) is 0.451. The highest BCUT2D eigenvalue weighted by atomic mass is 16.4. The van der Waals surface area contributed by atoms with E-state index in [9.17, 15) is 15.0 Å². The van der Waals surface area contributed by atoms with E-state index >= 15 is 0 Å².